The number of Topliss-reactive ketones (excluding diaryl/α,β-unsaturated/α-hetero) is 1. The van der Waals surface area contributed by atoms with Crippen molar-refractivity contribution in [3.63, 3.8) is 0 Å². The molecule has 3 heteroatoms. The zero-order chi connectivity index (χ0) is 5.15. The zero-order valence-corrected chi connectivity index (χ0v) is 6.52. The molecule has 0 aliphatic heterocycles. The first kappa shape index (κ1) is 10.2. The van der Waals surface area contributed by atoms with Crippen LogP contribution in [-0.4, -0.2) is 5.78 Å². The first-order valence-electron chi connectivity index (χ1n) is 1.51. The molecule has 34 valence electrons. The molecule has 0 unspecified atom stereocenters. The molecule has 0 aromatic rings. The third-order valence-electron chi connectivity index (χ3n) is 0.393. The van der Waals surface area contributed by atoms with Crippen LogP contribution < -0.4 is 34.7 Å². The van der Waals surface area contributed by atoms with Crippen LogP contribution in [0.1, 0.15) is 6.92 Å². The molecule has 0 heterocycles. The van der Waals surface area contributed by atoms with Crippen LogP contribution in [-0.2, 0) is 4.79 Å². The topological polar surface area (TPSA) is 40.1 Å². The Balaban J connectivity index is 0. The summed E-state index contributed by atoms with van der Waals surface area (Å²) in [7, 11) is 0. The number of rotatable bonds is 1. The molecule has 0 saturated heterocycles. The maximum absolute atomic E-state index is 9.73. The second-order valence-corrected chi connectivity index (χ2v) is 0.979. The van der Waals surface area contributed by atoms with Gasteiger partial charge in [0.15, 0.2) is 0 Å². The van der Waals surface area contributed by atoms with Gasteiger partial charge in [-0.05, 0) is 6.92 Å². The van der Waals surface area contributed by atoms with Gasteiger partial charge in [0.05, 0.1) is 0 Å². The van der Waals surface area contributed by atoms with Gasteiger partial charge in [-0.2, -0.15) is 0 Å². The average Bonchev–Trinajstić information content (AvgIpc) is 1.36. The van der Waals surface area contributed by atoms with E-state index in [9.17, 15) is 9.90 Å². The molecule has 0 bridgehead atoms. The Bertz CT molecular complexity index is 75.7. The number of allylic oxidation sites excluding steroid dienone is 1. The molecule has 7 heavy (non-hydrogen) atoms. The molecule has 0 radical (unpaired) electrons. The van der Waals surface area contributed by atoms with Gasteiger partial charge < -0.3 is 5.11 Å². The predicted octanol–water partition coefficient (Wildman–Crippen LogP) is -3.55. The van der Waals surface area contributed by atoms with Crippen LogP contribution in [0.2, 0.25) is 0 Å². The van der Waals surface area contributed by atoms with Crippen LogP contribution in [0.3, 0.4) is 0 Å². The largest absolute Gasteiger partial charge is 1.00 e. The van der Waals surface area contributed by atoms with E-state index in [1.54, 1.807) is 0 Å². The Morgan fingerprint density at radius 2 is 1.86 bits per heavy atom. The second kappa shape index (κ2) is 4.37. The van der Waals surface area contributed by atoms with Crippen molar-refractivity contribution < 1.29 is 39.5 Å². The van der Waals surface area contributed by atoms with Crippen molar-refractivity contribution in [2.75, 3.05) is 0 Å². The second-order valence-electron chi connectivity index (χ2n) is 0.979. The quantitative estimate of drug-likeness (QED) is 0.198. The first-order chi connectivity index (χ1) is 2.64. The molecule has 0 aromatic carbocycles. The third kappa shape index (κ3) is 6.21. The molecular formula is C4H5NaO2. The first-order valence-corrected chi connectivity index (χ1v) is 1.51. The number of carbonyl (C=O) groups is 1. The van der Waals surface area contributed by atoms with Crippen LogP contribution in [0, 0.1) is 0 Å². The SMILES string of the molecule is C=C([O-])C(C)=O.[Na+]. The van der Waals surface area contributed by atoms with E-state index in [4.69, 9.17) is 0 Å². The van der Waals surface area contributed by atoms with E-state index in [0.29, 0.717) is 0 Å². The summed E-state index contributed by atoms with van der Waals surface area (Å²) in [4.78, 5) is 9.73. The Morgan fingerprint density at radius 3 is 1.86 bits per heavy atom. The summed E-state index contributed by atoms with van der Waals surface area (Å²) >= 11 is 0. The van der Waals surface area contributed by atoms with Crippen molar-refractivity contribution >= 4 is 5.78 Å². The summed E-state index contributed by atoms with van der Waals surface area (Å²) in [5, 5.41) is 9.68. The van der Waals surface area contributed by atoms with E-state index < -0.39 is 11.5 Å². The summed E-state index contributed by atoms with van der Waals surface area (Å²) in [5.74, 6) is -1.12. The van der Waals surface area contributed by atoms with Crippen molar-refractivity contribution in [2.24, 2.45) is 0 Å². The van der Waals surface area contributed by atoms with E-state index >= 15 is 0 Å². The van der Waals surface area contributed by atoms with Crippen molar-refractivity contribution in [1.29, 1.82) is 0 Å². The zero-order valence-electron chi connectivity index (χ0n) is 4.52. The molecule has 0 rings (SSSR count). The Hall–Kier alpha value is 0.210. The summed E-state index contributed by atoms with van der Waals surface area (Å²) in [6.07, 6.45) is 0. The monoisotopic (exact) mass is 108 g/mol. The van der Waals surface area contributed by atoms with Crippen molar-refractivity contribution in [1.82, 2.24) is 0 Å². The van der Waals surface area contributed by atoms with Crippen molar-refractivity contribution in [3.05, 3.63) is 12.3 Å². The van der Waals surface area contributed by atoms with Gasteiger partial charge in [-0.3, -0.25) is 4.79 Å². The molecule has 0 spiro atoms. The molecular weight excluding hydrogens is 103 g/mol. The number of hydrogen-bond acceptors (Lipinski definition) is 2. The normalized spacial score (nSPS) is 6.43. The fourth-order valence-corrected chi connectivity index (χ4v) is 0. The van der Waals surface area contributed by atoms with E-state index in [1.807, 2.05) is 0 Å². The van der Waals surface area contributed by atoms with Gasteiger partial charge in [-0.25, -0.2) is 0 Å². The number of hydrogen-bond donors (Lipinski definition) is 0. The summed E-state index contributed by atoms with van der Waals surface area (Å²) in [6, 6.07) is 0. The Labute approximate surface area is 64.5 Å². The van der Waals surface area contributed by atoms with Gasteiger partial charge in [0.2, 0.25) is 0 Å². The molecule has 0 saturated carbocycles. The minimum atomic E-state index is -0.630. The van der Waals surface area contributed by atoms with Crippen LogP contribution in [0.5, 0.6) is 0 Å². The standard InChI is InChI=1S/C4H6O2.Na/c1-3(5)4(2)6;/h5H,1H2,2H3;/q;+1/p-1. The summed E-state index contributed by atoms with van der Waals surface area (Å²) in [5.41, 5.74) is 0. The van der Waals surface area contributed by atoms with Gasteiger partial charge >= 0.3 is 29.6 Å². The van der Waals surface area contributed by atoms with Gasteiger partial charge in [0.25, 0.3) is 0 Å². The number of ketones is 1. The predicted molar refractivity (Wildman–Crippen MR) is 19.8 cm³/mol. The molecule has 0 aromatic heterocycles. The maximum atomic E-state index is 9.73. The minimum Gasteiger partial charge on any atom is -0.870 e. The maximum Gasteiger partial charge on any atom is 1.00 e. The van der Waals surface area contributed by atoms with Crippen molar-refractivity contribution in [2.45, 2.75) is 6.92 Å². The number of carbonyl (C=O) groups excluding carboxylic acids is 1. The average molecular weight is 108 g/mol. The third-order valence-corrected chi connectivity index (χ3v) is 0.393. The summed E-state index contributed by atoms with van der Waals surface area (Å²) < 4.78 is 0. The van der Waals surface area contributed by atoms with Crippen LogP contribution in [0.15, 0.2) is 12.3 Å². The molecule has 2 nitrogen and oxygen atoms in total. The van der Waals surface area contributed by atoms with Gasteiger partial charge in [-0.1, -0.05) is 5.76 Å². The minimum absolute atomic E-state index is 0. The summed E-state index contributed by atoms with van der Waals surface area (Å²) in [6.45, 7) is 4.04. The van der Waals surface area contributed by atoms with Gasteiger partial charge in [0, 0.05) is 0 Å². The molecule has 0 atom stereocenters. The van der Waals surface area contributed by atoms with Crippen LogP contribution in [0.4, 0.5) is 0 Å². The molecule has 0 N–H and O–H groups in total. The van der Waals surface area contributed by atoms with Gasteiger partial charge in [-0.15, -0.1) is 6.58 Å². The fourth-order valence-electron chi connectivity index (χ4n) is 0. The smallest absolute Gasteiger partial charge is 0.870 e. The van der Waals surface area contributed by atoms with Crippen LogP contribution >= 0.6 is 0 Å². The van der Waals surface area contributed by atoms with Crippen LogP contribution in [0.25, 0.3) is 0 Å². The van der Waals surface area contributed by atoms with E-state index in [0.717, 1.165) is 0 Å². The Morgan fingerprint density at radius 1 is 1.71 bits per heavy atom. The molecule has 0 amide bonds. The van der Waals surface area contributed by atoms with E-state index in [2.05, 4.69) is 6.58 Å². The van der Waals surface area contributed by atoms with E-state index in [-0.39, 0.29) is 29.6 Å². The van der Waals surface area contributed by atoms with Gasteiger partial charge in [0.1, 0.15) is 5.78 Å². The molecule has 0 aliphatic rings. The van der Waals surface area contributed by atoms with Crippen molar-refractivity contribution in [3.8, 4) is 0 Å². The Kier molecular flexibility index (Phi) is 6.40. The molecule has 0 aliphatic carbocycles. The fraction of sp³-hybridized carbons (Fsp3) is 0.250. The van der Waals surface area contributed by atoms with E-state index in [1.165, 1.54) is 6.92 Å². The molecule has 0 fully saturated rings.